The van der Waals surface area contributed by atoms with Gasteiger partial charge in [-0.05, 0) is 28.8 Å². The van der Waals surface area contributed by atoms with Gasteiger partial charge in [-0.3, -0.25) is 0 Å². The van der Waals surface area contributed by atoms with Gasteiger partial charge in [-0.2, -0.15) is 0 Å². The number of hydrogen-bond acceptors (Lipinski definition) is 4. The molecule has 1 saturated carbocycles. The SMILES string of the molecule is OCCN(c1nc(Br)cs1)C1CC1. The van der Waals surface area contributed by atoms with Gasteiger partial charge in [-0.25, -0.2) is 4.98 Å². The molecule has 0 aliphatic heterocycles. The normalized spacial score (nSPS) is 16.2. The summed E-state index contributed by atoms with van der Waals surface area (Å²) in [4.78, 5) is 6.53. The molecule has 1 aliphatic carbocycles. The van der Waals surface area contributed by atoms with Crippen molar-refractivity contribution in [1.82, 2.24) is 4.98 Å². The lowest BCUT2D eigenvalue weighted by molar-refractivity contribution is 0.301. The third-order valence-electron chi connectivity index (χ3n) is 2.04. The second kappa shape index (κ2) is 3.94. The summed E-state index contributed by atoms with van der Waals surface area (Å²) in [7, 11) is 0. The molecule has 1 aromatic rings. The molecular weight excluding hydrogens is 252 g/mol. The highest BCUT2D eigenvalue weighted by molar-refractivity contribution is 9.10. The molecule has 0 atom stereocenters. The lowest BCUT2D eigenvalue weighted by Crippen LogP contribution is -2.28. The molecule has 1 aliphatic rings. The van der Waals surface area contributed by atoms with Crippen LogP contribution in [-0.2, 0) is 0 Å². The van der Waals surface area contributed by atoms with Crippen LogP contribution in [0.15, 0.2) is 9.98 Å². The Balaban J connectivity index is 2.10. The zero-order chi connectivity index (χ0) is 9.26. The minimum Gasteiger partial charge on any atom is -0.395 e. The topological polar surface area (TPSA) is 36.4 Å². The summed E-state index contributed by atoms with van der Waals surface area (Å²) in [5.74, 6) is 0. The maximum atomic E-state index is 8.90. The predicted molar refractivity (Wildman–Crippen MR) is 57.3 cm³/mol. The van der Waals surface area contributed by atoms with E-state index in [1.165, 1.54) is 12.8 Å². The zero-order valence-corrected chi connectivity index (χ0v) is 9.51. The molecule has 0 bridgehead atoms. The second-order valence-corrected chi connectivity index (χ2v) is 4.75. The van der Waals surface area contributed by atoms with Gasteiger partial charge in [-0.15, -0.1) is 11.3 Å². The minimum absolute atomic E-state index is 0.202. The van der Waals surface area contributed by atoms with Gasteiger partial charge in [-0.1, -0.05) is 0 Å². The lowest BCUT2D eigenvalue weighted by atomic mass is 10.5. The minimum atomic E-state index is 0.202. The molecule has 1 N–H and O–H groups in total. The Morgan fingerprint density at radius 2 is 2.46 bits per heavy atom. The van der Waals surface area contributed by atoms with Crippen molar-refractivity contribution in [3.05, 3.63) is 9.98 Å². The molecule has 3 nitrogen and oxygen atoms in total. The van der Waals surface area contributed by atoms with E-state index in [0.717, 1.165) is 9.73 Å². The summed E-state index contributed by atoms with van der Waals surface area (Å²) in [5.41, 5.74) is 0. The first kappa shape index (κ1) is 9.43. The van der Waals surface area contributed by atoms with Crippen LogP contribution in [0.5, 0.6) is 0 Å². The van der Waals surface area contributed by atoms with Crippen LogP contribution in [0.4, 0.5) is 5.13 Å². The van der Waals surface area contributed by atoms with E-state index in [0.29, 0.717) is 12.6 Å². The van der Waals surface area contributed by atoms with Gasteiger partial charge >= 0.3 is 0 Å². The highest BCUT2D eigenvalue weighted by Crippen LogP contribution is 2.33. The molecule has 0 radical (unpaired) electrons. The van der Waals surface area contributed by atoms with Crippen LogP contribution in [0, 0.1) is 0 Å². The fraction of sp³-hybridized carbons (Fsp3) is 0.625. The van der Waals surface area contributed by atoms with Crippen LogP contribution in [0.1, 0.15) is 12.8 Å². The van der Waals surface area contributed by atoms with Crippen LogP contribution in [0.2, 0.25) is 0 Å². The Morgan fingerprint density at radius 3 is 2.92 bits per heavy atom. The number of aliphatic hydroxyl groups excluding tert-OH is 1. The Morgan fingerprint density at radius 1 is 1.69 bits per heavy atom. The quantitative estimate of drug-likeness (QED) is 0.900. The molecule has 0 spiro atoms. The molecule has 13 heavy (non-hydrogen) atoms. The van der Waals surface area contributed by atoms with E-state index in [-0.39, 0.29) is 6.61 Å². The molecule has 72 valence electrons. The third kappa shape index (κ3) is 2.21. The van der Waals surface area contributed by atoms with Crippen molar-refractivity contribution in [2.24, 2.45) is 0 Å². The maximum Gasteiger partial charge on any atom is 0.186 e. The van der Waals surface area contributed by atoms with Gasteiger partial charge in [0.15, 0.2) is 5.13 Å². The number of nitrogens with zero attached hydrogens (tertiary/aromatic N) is 2. The number of aromatic nitrogens is 1. The number of rotatable bonds is 4. The van der Waals surface area contributed by atoms with Crippen LogP contribution in [-0.4, -0.2) is 29.3 Å². The predicted octanol–water partition coefficient (Wildman–Crippen LogP) is 1.87. The molecule has 1 fully saturated rings. The van der Waals surface area contributed by atoms with E-state index in [1.54, 1.807) is 11.3 Å². The van der Waals surface area contributed by atoms with Gasteiger partial charge in [0.2, 0.25) is 0 Å². The van der Waals surface area contributed by atoms with Crippen LogP contribution < -0.4 is 4.90 Å². The Labute approximate surface area is 89.5 Å². The highest BCUT2D eigenvalue weighted by atomic mass is 79.9. The molecule has 0 amide bonds. The molecule has 0 aromatic carbocycles. The number of hydrogen-bond donors (Lipinski definition) is 1. The van der Waals surface area contributed by atoms with E-state index >= 15 is 0 Å². The molecule has 0 saturated heterocycles. The lowest BCUT2D eigenvalue weighted by Gasteiger charge is -2.19. The van der Waals surface area contributed by atoms with Crippen molar-refractivity contribution in [3.63, 3.8) is 0 Å². The van der Waals surface area contributed by atoms with Crippen LogP contribution in [0.25, 0.3) is 0 Å². The van der Waals surface area contributed by atoms with Gasteiger partial charge in [0.25, 0.3) is 0 Å². The summed E-state index contributed by atoms with van der Waals surface area (Å²) >= 11 is 4.95. The first-order valence-corrected chi connectivity index (χ1v) is 5.97. The van der Waals surface area contributed by atoms with Crippen molar-refractivity contribution in [2.45, 2.75) is 18.9 Å². The van der Waals surface area contributed by atoms with Crippen LogP contribution >= 0.6 is 27.3 Å². The van der Waals surface area contributed by atoms with Crippen molar-refractivity contribution < 1.29 is 5.11 Å². The molecular formula is C8H11BrN2OS. The smallest absolute Gasteiger partial charge is 0.186 e. The van der Waals surface area contributed by atoms with Crippen LogP contribution in [0.3, 0.4) is 0 Å². The summed E-state index contributed by atoms with van der Waals surface area (Å²) < 4.78 is 0.885. The summed E-state index contributed by atoms with van der Waals surface area (Å²) in [6.07, 6.45) is 2.47. The van der Waals surface area contributed by atoms with Crippen molar-refractivity contribution >= 4 is 32.4 Å². The summed E-state index contributed by atoms with van der Waals surface area (Å²) in [6.45, 7) is 0.901. The fourth-order valence-electron chi connectivity index (χ4n) is 1.31. The monoisotopic (exact) mass is 262 g/mol. The standard InChI is InChI=1S/C8H11BrN2OS/c9-7-5-13-8(10-7)11(3-4-12)6-1-2-6/h5-6,12H,1-4H2. The van der Waals surface area contributed by atoms with Crippen molar-refractivity contribution in [1.29, 1.82) is 0 Å². The first-order chi connectivity index (χ1) is 6.31. The largest absolute Gasteiger partial charge is 0.395 e. The molecule has 1 heterocycles. The number of thiazole rings is 1. The molecule has 2 rings (SSSR count). The summed E-state index contributed by atoms with van der Waals surface area (Å²) in [6, 6.07) is 0.616. The number of halogens is 1. The highest BCUT2D eigenvalue weighted by Gasteiger charge is 2.30. The molecule has 1 aromatic heterocycles. The number of aliphatic hydroxyl groups is 1. The van der Waals surface area contributed by atoms with E-state index < -0.39 is 0 Å². The van der Waals surface area contributed by atoms with E-state index in [2.05, 4.69) is 25.8 Å². The fourth-order valence-corrected chi connectivity index (χ4v) is 2.65. The van der Waals surface area contributed by atoms with Gasteiger partial charge in [0.1, 0.15) is 4.60 Å². The van der Waals surface area contributed by atoms with E-state index in [4.69, 9.17) is 5.11 Å². The molecule has 0 unspecified atom stereocenters. The summed E-state index contributed by atoms with van der Waals surface area (Å²) in [5, 5.41) is 11.9. The number of anilines is 1. The average Bonchev–Trinajstić information content (AvgIpc) is 2.85. The van der Waals surface area contributed by atoms with Gasteiger partial charge in [0.05, 0.1) is 6.61 Å². The van der Waals surface area contributed by atoms with Gasteiger partial charge in [0, 0.05) is 18.0 Å². The Kier molecular flexibility index (Phi) is 2.86. The average molecular weight is 263 g/mol. The zero-order valence-electron chi connectivity index (χ0n) is 7.11. The first-order valence-electron chi connectivity index (χ1n) is 4.30. The Bertz CT molecular complexity index is 287. The van der Waals surface area contributed by atoms with E-state index in [1.807, 2.05) is 5.38 Å². The maximum absolute atomic E-state index is 8.90. The van der Waals surface area contributed by atoms with Gasteiger partial charge < -0.3 is 10.0 Å². The van der Waals surface area contributed by atoms with Crippen molar-refractivity contribution in [3.8, 4) is 0 Å². The second-order valence-electron chi connectivity index (χ2n) is 3.10. The Hall–Kier alpha value is -0.130. The van der Waals surface area contributed by atoms with E-state index in [9.17, 15) is 0 Å². The van der Waals surface area contributed by atoms with Crippen molar-refractivity contribution in [2.75, 3.05) is 18.1 Å². The third-order valence-corrected chi connectivity index (χ3v) is 3.63. The molecule has 5 heteroatoms.